The number of carbonyl (C=O) groups is 1. The van der Waals surface area contributed by atoms with Gasteiger partial charge in [0.05, 0.1) is 5.69 Å². The van der Waals surface area contributed by atoms with E-state index in [0.29, 0.717) is 6.04 Å². The molecular formula is C14H22N2OS. The number of amides is 1. The van der Waals surface area contributed by atoms with Crippen LogP contribution in [0.1, 0.15) is 44.4 Å². The van der Waals surface area contributed by atoms with Crippen LogP contribution in [0.25, 0.3) is 0 Å². The predicted octanol–water partition coefficient (Wildman–Crippen LogP) is 3.37. The maximum absolute atomic E-state index is 11.1. The summed E-state index contributed by atoms with van der Waals surface area (Å²) in [7, 11) is 0. The Morgan fingerprint density at radius 1 is 1.50 bits per heavy atom. The molecule has 3 nitrogen and oxygen atoms in total. The van der Waals surface area contributed by atoms with Crippen LogP contribution >= 0.6 is 11.3 Å². The average Bonchev–Trinajstić information content (AvgIpc) is 2.95. The van der Waals surface area contributed by atoms with Crippen molar-refractivity contribution in [3.63, 3.8) is 0 Å². The van der Waals surface area contributed by atoms with Gasteiger partial charge in [-0.3, -0.25) is 4.79 Å². The molecule has 1 fully saturated rings. The second-order valence-corrected chi connectivity index (χ2v) is 6.15. The zero-order valence-corrected chi connectivity index (χ0v) is 12.0. The van der Waals surface area contributed by atoms with E-state index in [4.69, 9.17) is 0 Å². The monoisotopic (exact) mass is 266 g/mol. The number of hydrogen-bond acceptors (Lipinski definition) is 3. The first-order valence-corrected chi connectivity index (χ1v) is 7.62. The summed E-state index contributed by atoms with van der Waals surface area (Å²) in [6, 6.07) is 2.54. The third-order valence-electron chi connectivity index (χ3n) is 3.75. The summed E-state index contributed by atoms with van der Waals surface area (Å²) in [5.74, 6) is 0.827. The van der Waals surface area contributed by atoms with E-state index in [1.165, 1.54) is 30.6 Å². The highest BCUT2D eigenvalue weighted by Gasteiger charge is 2.21. The quantitative estimate of drug-likeness (QED) is 0.858. The van der Waals surface area contributed by atoms with Crippen molar-refractivity contribution < 1.29 is 4.79 Å². The van der Waals surface area contributed by atoms with Gasteiger partial charge in [0.15, 0.2) is 0 Å². The van der Waals surface area contributed by atoms with Crippen molar-refractivity contribution in [3.05, 3.63) is 16.3 Å². The second-order valence-electron chi connectivity index (χ2n) is 5.15. The maximum Gasteiger partial charge on any atom is 0.221 e. The zero-order valence-electron chi connectivity index (χ0n) is 11.2. The van der Waals surface area contributed by atoms with Gasteiger partial charge in [0.25, 0.3) is 0 Å². The van der Waals surface area contributed by atoms with Crippen molar-refractivity contribution in [3.8, 4) is 0 Å². The van der Waals surface area contributed by atoms with Crippen LogP contribution in [0.5, 0.6) is 0 Å². The lowest BCUT2D eigenvalue weighted by Crippen LogP contribution is -2.31. The Balaban J connectivity index is 1.85. The van der Waals surface area contributed by atoms with Crippen molar-refractivity contribution in [2.45, 2.75) is 52.1 Å². The molecule has 1 aromatic rings. The zero-order chi connectivity index (χ0) is 13.0. The van der Waals surface area contributed by atoms with E-state index in [0.717, 1.165) is 18.2 Å². The third-order valence-corrected chi connectivity index (χ3v) is 4.67. The Bertz CT molecular complexity index is 396. The number of carbonyl (C=O) groups excluding carboxylic acids is 1. The Hall–Kier alpha value is -0.870. The Morgan fingerprint density at radius 3 is 2.89 bits per heavy atom. The van der Waals surface area contributed by atoms with Crippen LogP contribution in [-0.4, -0.2) is 11.9 Å². The van der Waals surface area contributed by atoms with Crippen LogP contribution in [0.2, 0.25) is 0 Å². The smallest absolute Gasteiger partial charge is 0.221 e. The standard InChI is InChI=1S/C14H22N2OS/c1-10(12-5-3-4-6-12)15-9-14-13(7-8-18-14)16-11(2)17/h7-8,10,12,15H,3-6,9H2,1-2H3,(H,16,17). The molecule has 1 aliphatic rings. The van der Waals surface area contributed by atoms with E-state index in [1.54, 1.807) is 18.3 Å². The highest BCUT2D eigenvalue weighted by atomic mass is 32.1. The molecule has 1 aliphatic carbocycles. The number of anilines is 1. The molecule has 0 aromatic carbocycles. The Kier molecular flexibility index (Phi) is 4.78. The van der Waals surface area contributed by atoms with Crippen molar-refractivity contribution in [1.82, 2.24) is 5.32 Å². The summed E-state index contributed by atoms with van der Waals surface area (Å²) in [6.45, 7) is 4.68. The van der Waals surface area contributed by atoms with Gasteiger partial charge in [0.2, 0.25) is 5.91 Å². The Morgan fingerprint density at radius 2 is 2.22 bits per heavy atom. The van der Waals surface area contributed by atoms with Crippen LogP contribution in [0.15, 0.2) is 11.4 Å². The van der Waals surface area contributed by atoms with Gasteiger partial charge in [-0.2, -0.15) is 0 Å². The topological polar surface area (TPSA) is 41.1 Å². The molecule has 0 radical (unpaired) electrons. The lowest BCUT2D eigenvalue weighted by atomic mass is 10.00. The normalized spacial score (nSPS) is 17.9. The van der Waals surface area contributed by atoms with E-state index < -0.39 is 0 Å². The lowest BCUT2D eigenvalue weighted by Gasteiger charge is -2.20. The van der Waals surface area contributed by atoms with Gasteiger partial charge < -0.3 is 10.6 Å². The molecule has 0 aliphatic heterocycles. The molecule has 0 spiro atoms. The molecule has 0 saturated heterocycles. The SMILES string of the molecule is CC(=O)Nc1ccsc1CNC(C)C1CCCC1. The highest BCUT2D eigenvalue weighted by Crippen LogP contribution is 2.28. The molecule has 100 valence electrons. The van der Waals surface area contributed by atoms with Crippen LogP contribution in [-0.2, 0) is 11.3 Å². The van der Waals surface area contributed by atoms with Gasteiger partial charge in [-0.05, 0) is 37.1 Å². The van der Waals surface area contributed by atoms with Crippen molar-refractivity contribution in [2.75, 3.05) is 5.32 Å². The van der Waals surface area contributed by atoms with E-state index in [-0.39, 0.29) is 5.91 Å². The fourth-order valence-electron chi connectivity index (χ4n) is 2.66. The highest BCUT2D eigenvalue weighted by molar-refractivity contribution is 7.10. The minimum atomic E-state index is -0.00140. The van der Waals surface area contributed by atoms with Crippen molar-refractivity contribution in [2.24, 2.45) is 5.92 Å². The van der Waals surface area contributed by atoms with Crippen molar-refractivity contribution >= 4 is 22.9 Å². The van der Waals surface area contributed by atoms with Gasteiger partial charge in [0, 0.05) is 24.4 Å². The summed E-state index contributed by atoms with van der Waals surface area (Å²) in [5, 5.41) is 8.51. The Labute approximate surface area is 113 Å². The summed E-state index contributed by atoms with van der Waals surface area (Å²) in [4.78, 5) is 12.3. The average molecular weight is 266 g/mol. The van der Waals surface area contributed by atoms with Gasteiger partial charge in [-0.1, -0.05) is 12.8 Å². The summed E-state index contributed by atoms with van der Waals surface area (Å²) < 4.78 is 0. The van der Waals surface area contributed by atoms with E-state index >= 15 is 0 Å². The van der Waals surface area contributed by atoms with Gasteiger partial charge in [-0.15, -0.1) is 11.3 Å². The lowest BCUT2D eigenvalue weighted by molar-refractivity contribution is -0.114. The molecule has 2 N–H and O–H groups in total. The fourth-order valence-corrected chi connectivity index (χ4v) is 3.44. The molecule has 4 heteroatoms. The first-order chi connectivity index (χ1) is 8.66. The molecule has 0 bridgehead atoms. The first kappa shape index (κ1) is 13.6. The number of thiophene rings is 1. The predicted molar refractivity (Wildman–Crippen MR) is 76.9 cm³/mol. The van der Waals surface area contributed by atoms with Crippen LogP contribution in [0.4, 0.5) is 5.69 Å². The van der Waals surface area contributed by atoms with Crippen LogP contribution in [0, 0.1) is 5.92 Å². The number of nitrogens with one attached hydrogen (secondary N) is 2. The molecule has 1 atom stereocenters. The third kappa shape index (κ3) is 3.56. The molecule has 2 rings (SSSR count). The summed E-state index contributed by atoms with van der Waals surface area (Å²) >= 11 is 1.70. The molecule has 1 saturated carbocycles. The minimum absolute atomic E-state index is 0.00140. The van der Waals surface area contributed by atoms with E-state index in [1.807, 2.05) is 11.4 Å². The molecular weight excluding hydrogens is 244 g/mol. The number of rotatable bonds is 5. The second kappa shape index (κ2) is 6.34. The van der Waals surface area contributed by atoms with Gasteiger partial charge in [0.1, 0.15) is 0 Å². The van der Waals surface area contributed by atoms with Crippen LogP contribution < -0.4 is 10.6 Å². The molecule has 1 unspecified atom stereocenters. The van der Waals surface area contributed by atoms with E-state index in [9.17, 15) is 4.79 Å². The van der Waals surface area contributed by atoms with E-state index in [2.05, 4.69) is 17.6 Å². The van der Waals surface area contributed by atoms with Gasteiger partial charge >= 0.3 is 0 Å². The summed E-state index contributed by atoms with van der Waals surface area (Å²) in [6.07, 6.45) is 5.48. The van der Waals surface area contributed by atoms with Gasteiger partial charge in [-0.25, -0.2) is 0 Å². The summed E-state index contributed by atoms with van der Waals surface area (Å²) in [5.41, 5.74) is 0.957. The fraction of sp³-hybridized carbons (Fsp3) is 0.643. The molecule has 1 aromatic heterocycles. The molecule has 1 amide bonds. The maximum atomic E-state index is 11.1. The van der Waals surface area contributed by atoms with Crippen LogP contribution in [0.3, 0.4) is 0 Å². The first-order valence-electron chi connectivity index (χ1n) is 6.74. The van der Waals surface area contributed by atoms with Crippen molar-refractivity contribution in [1.29, 1.82) is 0 Å². The molecule has 18 heavy (non-hydrogen) atoms. The minimum Gasteiger partial charge on any atom is -0.325 e. The number of hydrogen-bond donors (Lipinski definition) is 2. The largest absolute Gasteiger partial charge is 0.325 e. The molecule has 1 heterocycles.